The van der Waals surface area contributed by atoms with Gasteiger partial charge in [-0.05, 0) is 24.7 Å². The van der Waals surface area contributed by atoms with Crippen LogP contribution in [0.5, 0.6) is 0 Å². The fraction of sp³-hybridized carbons (Fsp3) is 1.00. The number of hydrogen-bond acceptors (Lipinski definition) is 2. The summed E-state index contributed by atoms with van der Waals surface area (Å²) in [6.07, 6.45) is 2.70. The summed E-state index contributed by atoms with van der Waals surface area (Å²) in [6, 6.07) is 0. The lowest BCUT2D eigenvalue weighted by Gasteiger charge is -2.27. The van der Waals surface area contributed by atoms with Crippen LogP contribution in [0.15, 0.2) is 0 Å². The molecule has 1 heterocycles. The highest BCUT2D eigenvalue weighted by molar-refractivity contribution is 4.99. The molecule has 1 aliphatic carbocycles. The van der Waals surface area contributed by atoms with Crippen molar-refractivity contribution in [3.63, 3.8) is 0 Å². The van der Waals surface area contributed by atoms with Crippen molar-refractivity contribution in [3.8, 4) is 0 Å². The molecule has 1 N–H and O–H groups in total. The van der Waals surface area contributed by atoms with Crippen molar-refractivity contribution in [1.82, 2.24) is 0 Å². The Morgan fingerprint density at radius 1 is 1.36 bits per heavy atom. The molecule has 64 valence electrons. The molecule has 1 saturated carbocycles. The minimum absolute atomic E-state index is 0.186. The smallest absolute Gasteiger partial charge is 0.110 e. The molecule has 0 aromatic carbocycles. The van der Waals surface area contributed by atoms with Crippen LogP contribution in [0.4, 0.5) is 0 Å². The van der Waals surface area contributed by atoms with Crippen LogP contribution in [0.25, 0.3) is 0 Å². The molecule has 2 aliphatic rings. The number of epoxide rings is 1. The summed E-state index contributed by atoms with van der Waals surface area (Å²) in [4.78, 5) is 0. The molecule has 0 aromatic rings. The molecule has 1 aliphatic heterocycles. The van der Waals surface area contributed by atoms with Gasteiger partial charge in [0.15, 0.2) is 0 Å². The summed E-state index contributed by atoms with van der Waals surface area (Å²) < 4.78 is 5.32. The van der Waals surface area contributed by atoms with Gasteiger partial charge in [-0.15, -0.1) is 0 Å². The highest BCUT2D eigenvalue weighted by Gasteiger charge is 2.51. The first-order valence-corrected chi connectivity index (χ1v) is 4.53. The largest absolute Gasteiger partial charge is 0.390 e. The van der Waals surface area contributed by atoms with Crippen LogP contribution in [0, 0.1) is 11.8 Å². The fourth-order valence-electron chi connectivity index (χ4n) is 2.19. The van der Waals surface area contributed by atoms with E-state index in [9.17, 15) is 5.11 Å². The van der Waals surface area contributed by atoms with Gasteiger partial charge in [0.2, 0.25) is 0 Å². The Morgan fingerprint density at radius 2 is 2.09 bits per heavy atom. The number of aliphatic hydroxyl groups is 1. The van der Waals surface area contributed by atoms with Crippen molar-refractivity contribution in [3.05, 3.63) is 0 Å². The van der Waals surface area contributed by atoms with E-state index in [-0.39, 0.29) is 12.2 Å². The lowest BCUT2D eigenvalue weighted by molar-refractivity contribution is 0.0471. The van der Waals surface area contributed by atoms with Gasteiger partial charge in [-0.3, -0.25) is 0 Å². The Labute approximate surface area is 67.6 Å². The molecular formula is C9H16O2. The van der Waals surface area contributed by atoms with Gasteiger partial charge in [-0.2, -0.15) is 0 Å². The number of fused-ring (bicyclic) bond motifs is 1. The zero-order valence-electron chi connectivity index (χ0n) is 7.16. The van der Waals surface area contributed by atoms with Gasteiger partial charge in [-0.25, -0.2) is 0 Å². The van der Waals surface area contributed by atoms with Crippen LogP contribution in [0.3, 0.4) is 0 Å². The highest BCUT2D eigenvalue weighted by Crippen LogP contribution is 2.42. The SMILES string of the molecule is CC(C)C1CCC2OC2C1O. The molecule has 2 fully saturated rings. The lowest BCUT2D eigenvalue weighted by Crippen LogP contribution is -2.34. The van der Waals surface area contributed by atoms with Crippen LogP contribution >= 0.6 is 0 Å². The minimum atomic E-state index is -0.186. The minimum Gasteiger partial charge on any atom is -0.390 e. The first kappa shape index (κ1) is 7.56. The normalized spacial score (nSPS) is 49.1. The van der Waals surface area contributed by atoms with Crippen LogP contribution in [-0.2, 0) is 4.74 Å². The average molecular weight is 156 g/mol. The van der Waals surface area contributed by atoms with Gasteiger partial charge in [0, 0.05) is 0 Å². The highest BCUT2D eigenvalue weighted by atomic mass is 16.6. The van der Waals surface area contributed by atoms with Crippen molar-refractivity contribution in [1.29, 1.82) is 0 Å². The van der Waals surface area contributed by atoms with E-state index in [1.54, 1.807) is 0 Å². The van der Waals surface area contributed by atoms with E-state index >= 15 is 0 Å². The van der Waals surface area contributed by atoms with Crippen LogP contribution in [-0.4, -0.2) is 23.4 Å². The molecule has 0 aromatic heterocycles. The van der Waals surface area contributed by atoms with Crippen molar-refractivity contribution in [2.75, 3.05) is 0 Å². The molecule has 2 rings (SSSR count). The first-order valence-electron chi connectivity index (χ1n) is 4.53. The second-order valence-corrected chi connectivity index (χ2v) is 4.11. The second kappa shape index (κ2) is 2.46. The summed E-state index contributed by atoms with van der Waals surface area (Å²) >= 11 is 0. The maximum absolute atomic E-state index is 9.72. The third-order valence-corrected chi connectivity index (χ3v) is 3.04. The predicted molar refractivity (Wildman–Crippen MR) is 42.2 cm³/mol. The van der Waals surface area contributed by atoms with Crippen molar-refractivity contribution in [2.24, 2.45) is 11.8 Å². The van der Waals surface area contributed by atoms with Crippen LogP contribution in [0.2, 0.25) is 0 Å². The molecule has 0 radical (unpaired) electrons. The van der Waals surface area contributed by atoms with Gasteiger partial charge in [0.05, 0.1) is 12.2 Å². The zero-order valence-corrected chi connectivity index (χ0v) is 7.16. The van der Waals surface area contributed by atoms with Gasteiger partial charge in [0.1, 0.15) is 6.10 Å². The number of hydrogen-bond donors (Lipinski definition) is 1. The van der Waals surface area contributed by atoms with Gasteiger partial charge in [0.25, 0.3) is 0 Å². The molecule has 4 unspecified atom stereocenters. The molecular weight excluding hydrogens is 140 g/mol. The Hall–Kier alpha value is -0.0800. The van der Waals surface area contributed by atoms with E-state index in [1.165, 1.54) is 0 Å². The quantitative estimate of drug-likeness (QED) is 0.578. The second-order valence-electron chi connectivity index (χ2n) is 4.11. The van der Waals surface area contributed by atoms with Crippen molar-refractivity contribution < 1.29 is 9.84 Å². The molecule has 4 atom stereocenters. The molecule has 0 amide bonds. The van der Waals surface area contributed by atoms with Gasteiger partial charge < -0.3 is 9.84 Å². The van der Waals surface area contributed by atoms with Gasteiger partial charge >= 0.3 is 0 Å². The number of ether oxygens (including phenoxy) is 1. The zero-order chi connectivity index (χ0) is 8.01. The van der Waals surface area contributed by atoms with Gasteiger partial charge in [-0.1, -0.05) is 13.8 Å². The van der Waals surface area contributed by atoms with E-state index in [1.807, 2.05) is 0 Å². The van der Waals surface area contributed by atoms with E-state index in [4.69, 9.17) is 4.74 Å². The Kier molecular flexibility index (Phi) is 1.69. The summed E-state index contributed by atoms with van der Waals surface area (Å²) in [5, 5.41) is 9.72. The third-order valence-electron chi connectivity index (χ3n) is 3.04. The molecule has 0 bridgehead atoms. The monoisotopic (exact) mass is 156 g/mol. The van der Waals surface area contributed by atoms with Crippen LogP contribution < -0.4 is 0 Å². The Morgan fingerprint density at radius 3 is 2.73 bits per heavy atom. The number of rotatable bonds is 1. The Bertz CT molecular complexity index is 156. The summed E-state index contributed by atoms with van der Waals surface area (Å²) in [5.41, 5.74) is 0. The van der Waals surface area contributed by atoms with E-state index < -0.39 is 0 Å². The molecule has 11 heavy (non-hydrogen) atoms. The fourth-order valence-corrected chi connectivity index (χ4v) is 2.19. The van der Waals surface area contributed by atoms with E-state index in [2.05, 4.69) is 13.8 Å². The maximum atomic E-state index is 9.72. The van der Waals surface area contributed by atoms with E-state index in [0.29, 0.717) is 17.9 Å². The van der Waals surface area contributed by atoms with Crippen molar-refractivity contribution >= 4 is 0 Å². The molecule has 1 saturated heterocycles. The Balaban J connectivity index is 1.99. The topological polar surface area (TPSA) is 32.8 Å². The third kappa shape index (κ3) is 1.18. The summed E-state index contributed by atoms with van der Waals surface area (Å²) in [5.74, 6) is 1.06. The van der Waals surface area contributed by atoms with Crippen LogP contribution in [0.1, 0.15) is 26.7 Å². The summed E-state index contributed by atoms with van der Waals surface area (Å²) in [7, 11) is 0. The maximum Gasteiger partial charge on any atom is 0.110 e. The summed E-state index contributed by atoms with van der Waals surface area (Å²) in [6.45, 7) is 4.35. The lowest BCUT2D eigenvalue weighted by atomic mass is 9.79. The van der Waals surface area contributed by atoms with Crippen molar-refractivity contribution in [2.45, 2.75) is 45.0 Å². The molecule has 2 heteroatoms. The first-order chi connectivity index (χ1) is 5.20. The predicted octanol–water partition coefficient (Wildman–Crippen LogP) is 1.18. The average Bonchev–Trinajstić information content (AvgIpc) is 2.66. The molecule has 2 nitrogen and oxygen atoms in total. The van der Waals surface area contributed by atoms with E-state index in [0.717, 1.165) is 12.8 Å². The molecule has 0 spiro atoms. The standard InChI is InChI=1S/C9H16O2/c1-5(2)6-3-4-7-9(11-7)8(6)10/h5-10H,3-4H2,1-2H3. The number of aliphatic hydroxyl groups excluding tert-OH is 1.